The minimum absolute atomic E-state index is 0.583. The van der Waals surface area contributed by atoms with E-state index in [2.05, 4.69) is 32.7 Å². The molecule has 0 spiro atoms. The maximum atomic E-state index is 5.27. The smallest absolute Gasteiger partial charge is 0.171 e. The van der Waals surface area contributed by atoms with Gasteiger partial charge in [0.2, 0.25) is 0 Å². The molecule has 20 heavy (non-hydrogen) atoms. The Labute approximate surface area is 126 Å². The first-order valence-corrected chi connectivity index (χ1v) is 8.00. The maximum Gasteiger partial charge on any atom is 0.171 e. The standard InChI is InChI=1S/C15H22N4S/c20-15(17-12-5-6-12)18-13-7-8-14(16-11-13)19-9-3-1-2-4-10-19/h7-8,11-12H,1-6,9-10H2,(H2,17,18,20). The monoisotopic (exact) mass is 290 g/mol. The van der Waals surface area contributed by atoms with Gasteiger partial charge in [-0.3, -0.25) is 0 Å². The lowest BCUT2D eigenvalue weighted by atomic mass is 10.2. The number of nitrogens with one attached hydrogen (secondary N) is 2. The number of rotatable bonds is 3. The van der Waals surface area contributed by atoms with Crippen LogP contribution in [0.15, 0.2) is 18.3 Å². The molecule has 0 amide bonds. The molecule has 1 aliphatic heterocycles. The van der Waals surface area contributed by atoms with E-state index in [9.17, 15) is 0 Å². The third-order valence-electron chi connectivity index (χ3n) is 3.85. The molecule has 1 saturated carbocycles. The van der Waals surface area contributed by atoms with Crippen molar-refractivity contribution in [2.75, 3.05) is 23.3 Å². The zero-order valence-electron chi connectivity index (χ0n) is 11.8. The Balaban J connectivity index is 1.56. The third-order valence-corrected chi connectivity index (χ3v) is 4.07. The summed E-state index contributed by atoms with van der Waals surface area (Å²) >= 11 is 5.27. The molecular formula is C15H22N4S. The molecule has 1 saturated heterocycles. The fourth-order valence-corrected chi connectivity index (χ4v) is 2.81. The lowest BCUT2D eigenvalue weighted by Gasteiger charge is -2.21. The molecule has 0 unspecified atom stereocenters. The molecule has 4 nitrogen and oxygen atoms in total. The Hall–Kier alpha value is -1.36. The minimum Gasteiger partial charge on any atom is -0.360 e. The summed E-state index contributed by atoms with van der Waals surface area (Å²) in [4.78, 5) is 6.95. The van der Waals surface area contributed by atoms with Crippen molar-refractivity contribution in [1.82, 2.24) is 10.3 Å². The SMILES string of the molecule is S=C(Nc1ccc(N2CCCCCC2)nc1)NC1CC1. The van der Waals surface area contributed by atoms with Gasteiger partial charge in [0.05, 0.1) is 11.9 Å². The number of hydrogen-bond acceptors (Lipinski definition) is 3. The van der Waals surface area contributed by atoms with Crippen LogP contribution in [0.5, 0.6) is 0 Å². The number of anilines is 2. The molecule has 0 aromatic carbocycles. The van der Waals surface area contributed by atoms with Gasteiger partial charge in [0.15, 0.2) is 5.11 Å². The van der Waals surface area contributed by atoms with Crippen molar-refractivity contribution in [2.45, 2.75) is 44.6 Å². The molecule has 0 radical (unpaired) electrons. The summed E-state index contributed by atoms with van der Waals surface area (Å²) in [6.07, 6.45) is 9.58. The highest BCUT2D eigenvalue weighted by atomic mass is 32.1. The predicted octanol–water partition coefficient (Wildman–Crippen LogP) is 2.91. The van der Waals surface area contributed by atoms with Gasteiger partial charge in [0.1, 0.15) is 5.82 Å². The van der Waals surface area contributed by atoms with Crippen LogP contribution in [0, 0.1) is 0 Å². The number of thiocarbonyl (C=S) groups is 1. The number of aromatic nitrogens is 1. The molecule has 5 heteroatoms. The Bertz CT molecular complexity index is 447. The summed E-state index contributed by atoms with van der Waals surface area (Å²) in [5, 5.41) is 7.17. The molecule has 1 aromatic rings. The van der Waals surface area contributed by atoms with E-state index in [1.54, 1.807) is 0 Å². The second kappa shape index (κ2) is 6.39. The zero-order chi connectivity index (χ0) is 13.8. The second-order valence-corrected chi connectivity index (χ2v) is 6.09. The van der Waals surface area contributed by atoms with Crippen molar-refractivity contribution in [3.8, 4) is 0 Å². The van der Waals surface area contributed by atoms with Gasteiger partial charge in [-0.15, -0.1) is 0 Å². The summed E-state index contributed by atoms with van der Waals surface area (Å²) in [6, 6.07) is 4.74. The Morgan fingerprint density at radius 3 is 2.50 bits per heavy atom. The summed E-state index contributed by atoms with van der Waals surface area (Å²) in [5.74, 6) is 1.08. The quantitative estimate of drug-likeness (QED) is 0.838. The molecule has 2 N–H and O–H groups in total. The normalized spacial score (nSPS) is 19.3. The summed E-state index contributed by atoms with van der Waals surface area (Å²) in [5.41, 5.74) is 0.960. The third kappa shape index (κ3) is 3.82. The first kappa shape index (κ1) is 13.6. The molecule has 1 aromatic heterocycles. The number of nitrogens with zero attached hydrogens (tertiary/aromatic N) is 2. The lowest BCUT2D eigenvalue weighted by molar-refractivity contribution is 0.726. The highest BCUT2D eigenvalue weighted by Gasteiger charge is 2.21. The fourth-order valence-electron chi connectivity index (χ4n) is 2.53. The topological polar surface area (TPSA) is 40.2 Å². The Morgan fingerprint density at radius 1 is 1.15 bits per heavy atom. The number of hydrogen-bond donors (Lipinski definition) is 2. The molecule has 2 heterocycles. The molecule has 0 atom stereocenters. The van der Waals surface area contributed by atoms with Gasteiger partial charge in [0, 0.05) is 19.1 Å². The Morgan fingerprint density at radius 2 is 1.90 bits per heavy atom. The first-order valence-electron chi connectivity index (χ1n) is 7.60. The van der Waals surface area contributed by atoms with Crippen molar-refractivity contribution in [3.63, 3.8) is 0 Å². The van der Waals surface area contributed by atoms with Crippen LogP contribution in [0.2, 0.25) is 0 Å². The van der Waals surface area contributed by atoms with Crippen molar-refractivity contribution in [3.05, 3.63) is 18.3 Å². The minimum atomic E-state index is 0.583. The van der Waals surface area contributed by atoms with Crippen LogP contribution in [0.4, 0.5) is 11.5 Å². The van der Waals surface area contributed by atoms with Crippen LogP contribution >= 0.6 is 12.2 Å². The van der Waals surface area contributed by atoms with Crippen molar-refractivity contribution >= 4 is 28.8 Å². The molecule has 3 rings (SSSR count). The highest BCUT2D eigenvalue weighted by Crippen LogP contribution is 2.20. The molecule has 1 aliphatic carbocycles. The van der Waals surface area contributed by atoms with Gasteiger partial charge in [-0.1, -0.05) is 12.8 Å². The maximum absolute atomic E-state index is 5.27. The van der Waals surface area contributed by atoms with Gasteiger partial charge in [0.25, 0.3) is 0 Å². The second-order valence-electron chi connectivity index (χ2n) is 5.68. The van der Waals surface area contributed by atoms with E-state index in [1.165, 1.54) is 38.5 Å². The van der Waals surface area contributed by atoms with E-state index in [0.29, 0.717) is 11.2 Å². The van der Waals surface area contributed by atoms with E-state index in [0.717, 1.165) is 24.6 Å². The van der Waals surface area contributed by atoms with E-state index in [4.69, 9.17) is 12.2 Å². The van der Waals surface area contributed by atoms with Crippen LogP contribution in [-0.2, 0) is 0 Å². The van der Waals surface area contributed by atoms with E-state index in [-0.39, 0.29) is 0 Å². The van der Waals surface area contributed by atoms with Gasteiger partial charge in [-0.25, -0.2) is 4.98 Å². The Kier molecular flexibility index (Phi) is 4.35. The zero-order valence-corrected chi connectivity index (χ0v) is 12.6. The molecule has 2 fully saturated rings. The van der Waals surface area contributed by atoms with Crippen molar-refractivity contribution < 1.29 is 0 Å². The van der Waals surface area contributed by atoms with E-state index < -0.39 is 0 Å². The van der Waals surface area contributed by atoms with Gasteiger partial charge in [-0.05, 0) is 50.0 Å². The van der Waals surface area contributed by atoms with Crippen LogP contribution in [0.25, 0.3) is 0 Å². The van der Waals surface area contributed by atoms with E-state index >= 15 is 0 Å². The van der Waals surface area contributed by atoms with Crippen LogP contribution < -0.4 is 15.5 Å². The average molecular weight is 290 g/mol. The number of pyridine rings is 1. The average Bonchev–Trinajstić information content (AvgIpc) is 3.26. The van der Waals surface area contributed by atoms with Gasteiger partial charge >= 0.3 is 0 Å². The van der Waals surface area contributed by atoms with Gasteiger partial charge in [-0.2, -0.15) is 0 Å². The van der Waals surface area contributed by atoms with Crippen LogP contribution in [-0.4, -0.2) is 29.2 Å². The largest absolute Gasteiger partial charge is 0.360 e. The lowest BCUT2D eigenvalue weighted by Crippen LogP contribution is -2.30. The van der Waals surface area contributed by atoms with Gasteiger partial charge < -0.3 is 15.5 Å². The molecule has 2 aliphatic rings. The van der Waals surface area contributed by atoms with Crippen molar-refractivity contribution in [1.29, 1.82) is 0 Å². The summed E-state index contributed by atoms with van der Waals surface area (Å²) in [7, 11) is 0. The molecular weight excluding hydrogens is 268 g/mol. The van der Waals surface area contributed by atoms with Crippen LogP contribution in [0.1, 0.15) is 38.5 Å². The first-order chi connectivity index (χ1) is 9.81. The summed E-state index contributed by atoms with van der Waals surface area (Å²) in [6.45, 7) is 2.25. The summed E-state index contributed by atoms with van der Waals surface area (Å²) < 4.78 is 0. The molecule has 0 bridgehead atoms. The predicted molar refractivity (Wildman–Crippen MR) is 87.3 cm³/mol. The molecule has 108 valence electrons. The fraction of sp³-hybridized carbons (Fsp3) is 0.600. The highest BCUT2D eigenvalue weighted by molar-refractivity contribution is 7.80. The van der Waals surface area contributed by atoms with Crippen molar-refractivity contribution in [2.24, 2.45) is 0 Å². The van der Waals surface area contributed by atoms with E-state index in [1.807, 2.05) is 6.20 Å². The van der Waals surface area contributed by atoms with Crippen LogP contribution in [0.3, 0.4) is 0 Å².